The van der Waals surface area contributed by atoms with Gasteiger partial charge in [0.15, 0.2) is 0 Å². The Morgan fingerprint density at radius 2 is 2.29 bits per heavy atom. The lowest BCUT2D eigenvalue weighted by molar-refractivity contribution is 0.488. The van der Waals surface area contributed by atoms with Crippen molar-refractivity contribution in [3.05, 3.63) is 51.8 Å². The third-order valence-corrected chi connectivity index (χ3v) is 4.39. The van der Waals surface area contributed by atoms with Crippen molar-refractivity contribution in [2.75, 3.05) is 0 Å². The minimum absolute atomic E-state index is 0.228. The standard InChI is InChI=1S/C15H15ClN4S/c1-10(20-8-12(16)7-18-20)6-15-19-14(9-21-15)13-4-3-5-17-11(13)2/h3-5,7-10H,6H2,1-2H3. The Hall–Kier alpha value is -1.72. The number of thiazole rings is 1. The van der Waals surface area contributed by atoms with E-state index in [0.717, 1.165) is 28.4 Å². The molecule has 0 saturated heterocycles. The maximum absolute atomic E-state index is 5.91. The zero-order chi connectivity index (χ0) is 14.8. The highest BCUT2D eigenvalue weighted by atomic mass is 35.5. The molecule has 1 unspecified atom stereocenters. The van der Waals surface area contributed by atoms with Gasteiger partial charge in [-0.3, -0.25) is 9.67 Å². The summed E-state index contributed by atoms with van der Waals surface area (Å²) in [5.41, 5.74) is 3.09. The summed E-state index contributed by atoms with van der Waals surface area (Å²) in [5.74, 6) is 0. The maximum Gasteiger partial charge on any atom is 0.0953 e. The largest absolute Gasteiger partial charge is 0.268 e. The minimum Gasteiger partial charge on any atom is -0.268 e. The number of aryl methyl sites for hydroxylation is 1. The first-order chi connectivity index (χ1) is 10.1. The van der Waals surface area contributed by atoms with Crippen LogP contribution in [-0.2, 0) is 6.42 Å². The van der Waals surface area contributed by atoms with Crippen LogP contribution in [0.25, 0.3) is 11.3 Å². The van der Waals surface area contributed by atoms with Crippen LogP contribution < -0.4 is 0 Å². The first kappa shape index (κ1) is 14.2. The smallest absolute Gasteiger partial charge is 0.0953 e. The van der Waals surface area contributed by atoms with Crippen molar-refractivity contribution >= 4 is 22.9 Å². The van der Waals surface area contributed by atoms with Gasteiger partial charge in [-0.1, -0.05) is 11.6 Å². The van der Waals surface area contributed by atoms with Crippen LogP contribution in [0.5, 0.6) is 0 Å². The van der Waals surface area contributed by atoms with Crippen LogP contribution in [0.2, 0.25) is 5.02 Å². The molecule has 0 fully saturated rings. The maximum atomic E-state index is 5.91. The highest BCUT2D eigenvalue weighted by Crippen LogP contribution is 2.26. The van der Waals surface area contributed by atoms with Crippen molar-refractivity contribution in [3.8, 4) is 11.3 Å². The molecule has 3 heterocycles. The average molecular weight is 319 g/mol. The highest BCUT2D eigenvalue weighted by Gasteiger charge is 2.12. The summed E-state index contributed by atoms with van der Waals surface area (Å²) >= 11 is 7.58. The molecule has 0 bridgehead atoms. The van der Waals surface area contributed by atoms with Gasteiger partial charge >= 0.3 is 0 Å². The summed E-state index contributed by atoms with van der Waals surface area (Å²) < 4.78 is 1.87. The summed E-state index contributed by atoms with van der Waals surface area (Å²) in [6, 6.07) is 4.22. The lowest BCUT2D eigenvalue weighted by atomic mass is 10.1. The van der Waals surface area contributed by atoms with Crippen molar-refractivity contribution in [2.45, 2.75) is 26.3 Å². The molecule has 0 amide bonds. The average Bonchev–Trinajstić information content (AvgIpc) is 3.08. The Morgan fingerprint density at radius 1 is 1.43 bits per heavy atom. The van der Waals surface area contributed by atoms with Gasteiger partial charge in [-0.05, 0) is 26.0 Å². The summed E-state index contributed by atoms with van der Waals surface area (Å²) in [7, 11) is 0. The molecule has 6 heteroatoms. The Labute approximate surface area is 132 Å². The Kier molecular flexibility index (Phi) is 4.03. The fourth-order valence-corrected chi connectivity index (χ4v) is 3.24. The van der Waals surface area contributed by atoms with Crippen molar-refractivity contribution in [3.63, 3.8) is 0 Å². The molecule has 108 valence electrons. The monoisotopic (exact) mass is 318 g/mol. The third-order valence-electron chi connectivity index (χ3n) is 3.33. The third kappa shape index (κ3) is 3.14. The number of hydrogen-bond acceptors (Lipinski definition) is 4. The van der Waals surface area contributed by atoms with Gasteiger partial charge in [0.2, 0.25) is 0 Å². The van der Waals surface area contributed by atoms with E-state index in [4.69, 9.17) is 16.6 Å². The predicted molar refractivity (Wildman–Crippen MR) is 85.7 cm³/mol. The minimum atomic E-state index is 0.228. The molecule has 0 N–H and O–H groups in total. The molecule has 4 nitrogen and oxygen atoms in total. The van der Waals surface area contributed by atoms with Gasteiger partial charge < -0.3 is 0 Å². The first-order valence-electron chi connectivity index (χ1n) is 6.69. The second-order valence-electron chi connectivity index (χ2n) is 4.95. The molecule has 0 spiro atoms. The quantitative estimate of drug-likeness (QED) is 0.725. The molecule has 3 rings (SSSR count). The van der Waals surface area contributed by atoms with Gasteiger partial charge in [-0.25, -0.2) is 4.98 Å². The van der Waals surface area contributed by atoms with Crippen LogP contribution in [0, 0.1) is 6.92 Å². The number of nitrogens with zero attached hydrogens (tertiary/aromatic N) is 4. The molecule has 0 radical (unpaired) electrons. The summed E-state index contributed by atoms with van der Waals surface area (Å²) in [6.07, 6.45) is 6.13. The summed E-state index contributed by atoms with van der Waals surface area (Å²) in [6.45, 7) is 4.11. The predicted octanol–water partition coefficient (Wildman–Crippen LogP) is 4.17. The number of halogens is 1. The van der Waals surface area contributed by atoms with Crippen molar-refractivity contribution in [2.24, 2.45) is 0 Å². The molecular weight excluding hydrogens is 304 g/mol. The lowest BCUT2D eigenvalue weighted by Gasteiger charge is -2.09. The van der Waals surface area contributed by atoms with Gasteiger partial charge in [0.1, 0.15) is 0 Å². The van der Waals surface area contributed by atoms with E-state index in [1.807, 2.05) is 23.9 Å². The van der Waals surface area contributed by atoms with E-state index in [1.165, 1.54) is 0 Å². The van der Waals surface area contributed by atoms with Crippen LogP contribution in [0.3, 0.4) is 0 Å². The molecule has 0 aliphatic rings. The molecule has 0 saturated carbocycles. The second kappa shape index (κ2) is 5.95. The molecule has 0 aliphatic carbocycles. The number of rotatable bonds is 4. The molecule has 21 heavy (non-hydrogen) atoms. The van der Waals surface area contributed by atoms with Crippen LogP contribution in [0.15, 0.2) is 36.1 Å². The Balaban J connectivity index is 1.78. The highest BCUT2D eigenvalue weighted by molar-refractivity contribution is 7.09. The van der Waals surface area contributed by atoms with Gasteiger partial charge in [-0.2, -0.15) is 5.10 Å². The zero-order valence-corrected chi connectivity index (χ0v) is 13.4. The molecule has 0 aliphatic heterocycles. The van der Waals surface area contributed by atoms with E-state index in [0.29, 0.717) is 5.02 Å². The molecular formula is C15H15ClN4S. The van der Waals surface area contributed by atoms with E-state index >= 15 is 0 Å². The fourth-order valence-electron chi connectivity index (χ4n) is 2.19. The number of hydrogen-bond donors (Lipinski definition) is 0. The number of pyridine rings is 1. The molecule has 0 aromatic carbocycles. The molecule has 3 aromatic heterocycles. The normalized spacial score (nSPS) is 12.5. The van der Waals surface area contributed by atoms with Crippen molar-refractivity contribution in [1.82, 2.24) is 19.7 Å². The summed E-state index contributed by atoms with van der Waals surface area (Å²) in [5, 5.41) is 8.08. The first-order valence-corrected chi connectivity index (χ1v) is 7.95. The Morgan fingerprint density at radius 3 is 3.00 bits per heavy atom. The van der Waals surface area contributed by atoms with Gasteiger partial charge in [0.25, 0.3) is 0 Å². The van der Waals surface area contributed by atoms with Crippen LogP contribution in [0.1, 0.15) is 23.7 Å². The van der Waals surface area contributed by atoms with Crippen LogP contribution >= 0.6 is 22.9 Å². The van der Waals surface area contributed by atoms with Crippen LogP contribution in [0.4, 0.5) is 0 Å². The Bertz CT molecular complexity index is 749. The van der Waals surface area contributed by atoms with Crippen molar-refractivity contribution in [1.29, 1.82) is 0 Å². The van der Waals surface area contributed by atoms with E-state index in [2.05, 4.69) is 28.5 Å². The van der Waals surface area contributed by atoms with E-state index in [1.54, 1.807) is 23.7 Å². The zero-order valence-electron chi connectivity index (χ0n) is 11.8. The van der Waals surface area contributed by atoms with Gasteiger partial charge in [0, 0.05) is 35.5 Å². The van der Waals surface area contributed by atoms with Crippen LogP contribution in [-0.4, -0.2) is 19.7 Å². The van der Waals surface area contributed by atoms with E-state index in [9.17, 15) is 0 Å². The van der Waals surface area contributed by atoms with E-state index < -0.39 is 0 Å². The van der Waals surface area contributed by atoms with E-state index in [-0.39, 0.29) is 6.04 Å². The van der Waals surface area contributed by atoms with Gasteiger partial charge in [-0.15, -0.1) is 11.3 Å². The lowest BCUT2D eigenvalue weighted by Crippen LogP contribution is -2.08. The second-order valence-corrected chi connectivity index (χ2v) is 6.33. The number of aromatic nitrogens is 4. The molecule has 1 atom stereocenters. The van der Waals surface area contributed by atoms with Gasteiger partial charge in [0.05, 0.1) is 28.0 Å². The summed E-state index contributed by atoms with van der Waals surface area (Å²) in [4.78, 5) is 9.03. The fraction of sp³-hybridized carbons (Fsp3) is 0.267. The molecule has 3 aromatic rings. The topological polar surface area (TPSA) is 43.6 Å². The SMILES string of the molecule is Cc1ncccc1-c1csc(CC(C)n2cc(Cl)cn2)n1. The van der Waals surface area contributed by atoms with Crippen molar-refractivity contribution < 1.29 is 0 Å².